The van der Waals surface area contributed by atoms with Gasteiger partial charge >= 0.3 is 0 Å². The molecule has 0 aliphatic carbocycles. The quantitative estimate of drug-likeness (QED) is 0.789. The Kier molecular flexibility index (Phi) is 3.35. The number of methoxy groups -OCH3 is 1. The molecule has 0 amide bonds. The van der Waals surface area contributed by atoms with Gasteiger partial charge in [0.15, 0.2) is 0 Å². The van der Waals surface area contributed by atoms with E-state index < -0.39 is 0 Å². The third-order valence-electron chi connectivity index (χ3n) is 3.48. The van der Waals surface area contributed by atoms with E-state index in [1.807, 2.05) is 36.7 Å². The maximum atomic E-state index is 5.79. The minimum absolute atomic E-state index is 0.454. The molecule has 3 rings (SSSR count). The number of hydrogen-bond donors (Lipinski definition) is 1. The van der Waals surface area contributed by atoms with Crippen molar-refractivity contribution in [2.24, 2.45) is 5.73 Å². The van der Waals surface area contributed by atoms with Gasteiger partial charge in [0, 0.05) is 35.5 Å². The van der Waals surface area contributed by atoms with Gasteiger partial charge in [-0.3, -0.25) is 4.98 Å². The summed E-state index contributed by atoms with van der Waals surface area (Å²) >= 11 is 0. The average molecular weight is 264 g/mol. The fourth-order valence-corrected chi connectivity index (χ4v) is 2.45. The largest absolute Gasteiger partial charge is 0.496 e. The lowest BCUT2D eigenvalue weighted by Gasteiger charge is -2.11. The molecule has 0 bridgehead atoms. The van der Waals surface area contributed by atoms with Gasteiger partial charge in [-0.05, 0) is 23.1 Å². The Morgan fingerprint density at radius 3 is 2.75 bits per heavy atom. The number of ether oxygens (including phenoxy) is 1. The smallest absolute Gasteiger partial charge is 0.123 e. The zero-order valence-electron chi connectivity index (χ0n) is 11.3. The number of rotatable bonds is 3. The maximum Gasteiger partial charge on any atom is 0.123 e. The molecule has 3 aromatic rings. The molecule has 0 saturated heterocycles. The molecule has 2 N–H and O–H groups in total. The number of benzene rings is 2. The average Bonchev–Trinajstić information content (AvgIpc) is 2.53. The molecule has 0 unspecified atom stereocenters. The number of hydrogen-bond acceptors (Lipinski definition) is 3. The molecule has 0 radical (unpaired) electrons. The van der Waals surface area contributed by atoms with Gasteiger partial charge < -0.3 is 10.5 Å². The van der Waals surface area contributed by atoms with Crippen LogP contribution >= 0.6 is 0 Å². The van der Waals surface area contributed by atoms with Crippen molar-refractivity contribution in [3.63, 3.8) is 0 Å². The molecule has 1 heterocycles. The fraction of sp³-hybridized carbons (Fsp3) is 0.118. The van der Waals surface area contributed by atoms with Crippen LogP contribution in [0.25, 0.3) is 21.9 Å². The molecule has 0 saturated carbocycles. The zero-order valence-corrected chi connectivity index (χ0v) is 11.3. The second-order valence-corrected chi connectivity index (χ2v) is 4.64. The highest BCUT2D eigenvalue weighted by Crippen LogP contribution is 2.30. The van der Waals surface area contributed by atoms with E-state index in [-0.39, 0.29) is 0 Å². The van der Waals surface area contributed by atoms with Crippen molar-refractivity contribution in [3.05, 3.63) is 60.4 Å². The summed E-state index contributed by atoms with van der Waals surface area (Å²) in [7, 11) is 1.66. The molecule has 0 aliphatic rings. The van der Waals surface area contributed by atoms with Crippen LogP contribution in [0.5, 0.6) is 5.75 Å². The lowest BCUT2D eigenvalue weighted by molar-refractivity contribution is 0.410. The van der Waals surface area contributed by atoms with Crippen LogP contribution in [-0.4, -0.2) is 12.1 Å². The highest BCUT2D eigenvalue weighted by Gasteiger charge is 2.07. The van der Waals surface area contributed by atoms with Crippen LogP contribution in [0.4, 0.5) is 0 Å². The summed E-state index contributed by atoms with van der Waals surface area (Å²) in [4.78, 5) is 4.32. The molecule has 2 aromatic carbocycles. The van der Waals surface area contributed by atoms with Crippen LogP contribution in [0.3, 0.4) is 0 Å². The maximum absolute atomic E-state index is 5.79. The molecule has 1 aromatic heterocycles. The van der Waals surface area contributed by atoms with Gasteiger partial charge in [0.2, 0.25) is 0 Å². The lowest BCUT2D eigenvalue weighted by Crippen LogP contribution is -2.00. The first-order valence-electron chi connectivity index (χ1n) is 6.53. The zero-order chi connectivity index (χ0) is 13.9. The van der Waals surface area contributed by atoms with Crippen LogP contribution in [0, 0.1) is 0 Å². The number of nitrogens with zero attached hydrogens (tertiary/aromatic N) is 1. The van der Waals surface area contributed by atoms with Gasteiger partial charge in [-0.25, -0.2) is 0 Å². The summed E-state index contributed by atoms with van der Waals surface area (Å²) in [6.45, 7) is 0.454. The second-order valence-electron chi connectivity index (χ2n) is 4.64. The molecule has 20 heavy (non-hydrogen) atoms. The minimum Gasteiger partial charge on any atom is -0.496 e. The van der Waals surface area contributed by atoms with Crippen molar-refractivity contribution in [2.75, 3.05) is 7.11 Å². The van der Waals surface area contributed by atoms with Crippen molar-refractivity contribution in [1.29, 1.82) is 0 Å². The van der Waals surface area contributed by atoms with Crippen molar-refractivity contribution in [3.8, 4) is 16.9 Å². The number of nitrogens with two attached hydrogens (primary N) is 1. The Morgan fingerprint density at radius 1 is 1.10 bits per heavy atom. The van der Waals surface area contributed by atoms with Gasteiger partial charge in [0.25, 0.3) is 0 Å². The number of fused-ring (bicyclic) bond motifs is 1. The number of aromatic nitrogens is 1. The first kappa shape index (κ1) is 12.6. The van der Waals surface area contributed by atoms with E-state index in [4.69, 9.17) is 10.5 Å². The van der Waals surface area contributed by atoms with Crippen molar-refractivity contribution in [1.82, 2.24) is 4.98 Å². The van der Waals surface area contributed by atoms with E-state index in [2.05, 4.69) is 23.2 Å². The predicted molar refractivity (Wildman–Crippen MR) is 81.6 cm³/mol. The molecule has 0 atom stereocenters. The van der Waals surface area contributed by atoms with Crippen molar-refractivity contribution >= 4 is 10.8 Å². The molecule has 0 aliphatic heterocycles. The topological polar surface area (TPSA) is 48.1 Å². The Balaban J connectivity index is 2.21. The van der Waals surface area contributed by atoms with Gasteiger partial charge in [-0.1, -0.05) is 30.3 Å². The highest BCUT2D eigenvalue weighted by atomic mass is 16.5. The monoisotopic (exact) mass is 264 g/mol. The lowest BCUT2D eigenvalue weighted by atomic mass is 9.99. The summed E-state index contributed by atoms with van der Waals surface area (Å²) in [5.41, 5.74) is 9.01. The first-order chi connectivity index (χ1) is 9.83. The van der Waals surface area contributed by atoms with Crippen LogP contribution in [0.2, 0.25) is 0 Å². The van der Waals surface area contributed by atoms with Crippen molar-refractivity contribution < 1.29 is 4.74 Å². The molecule has 3 nitrogen and oxygen atoms in total. The van der Waals surface area contributed by atoms with E-state index in [0.29, 0.717) is 6.54 Å². The highest BCUT2D eigenvalue weighted by molar-refractivity contribution is 5.95. The van der Waals surface area contributed by atoms with Crippen molar-refractivity contribution in [2.45, 2.75) is 6.54 Å². The van der Waals surface area contributed by atoms with Crippen LogP contribution in [-0.2, 0) is 6.54 Å². The van der Waals surface area contributed by atoms with E-state index in [9.17, 15) is 0 Å². The summed E-state index contributed by atoms with van der Waals surface area (Å²) in [6.07, 6.45) is 3.77. The Hall–Kier alpha value is -2.39. The van der Waals surface area contributed by atoms with Gasteiger partial charge in [0.05, 0.1) is 7.11 Å². The van der Waals surface area contributed by atoms with Gasteiger partial charge in [-0.15, -0.1) is 0 Å². The minimum atomic E-state index is 0.454. The SMILES string of the molecule is COc1ccc(-c2cncc3ccccc23)cc1CN. The molecular formula is C17H16N2O. The van der Waals surface area contributed by atoms with E-state index in [1.54, 1.807) is 7.11 Å². The van der Waals surface area contributed by atoms with Crippen LogP contribution < -0.4 is 10.5 Å². The Bertz CT molecular complexity index is 748. The fourth-order valence-electron chi connectivity index (χ4n) is 2.45. The third kappa shape index (κ3) is 2.12. The van der Waals surface area contributed by atoms with Gasteiger partial charge in [-0.2, -0.15) is 0 Å². The van der Waals surface area contributed by atoms with E-state index >= 15 is 0 Å². The van der Waals surface area contributed by atoms with E-state index in [0.717, 1.165) is 27.8 Å². The number of pyridine rings is 1. The Morgan fingerprint density at radius 2 is 1.95 bits per heavy atom. The first-order valence-corrected chi connectivity index (χ1v) is 6.53. The second kappa shape index (κ2) is 5.31. The van der Waals surface area contributed by atoms with Crippen LogP contribution in [0.1, 0.15) is 5.56 Å². The normalized spacial score (nSPS) is 10.7. The van der Waals surface area contributed by atoms with Crippen LogP contribution in [0.15, 0.2) is 54.9 Å². The van der Waals surface area contributed by atoms with E-state index in [1.165, 1.54) is 5.39 Å². The Labute approximate surface area is 118 Å². The molecular weight excluding hydrogens is 248 g/mol. The summed E-state index contributed by atoms with van der Waals surface area (Å²) in [6, 6.07) is 14.3. The summed E-state index contributed by atoms with van der Waals surface area (Å²) in [5.74, 6) is 0.824. The molecule has 0 fully saturated rings. The standard InChI is InChI=1S/C17H16N2O/c1-20-17-7-6-12(8-14(17)9-18)16-11-19-10-13-4-2-3-5-15(13)16/h2-8,10-11H,9,18H2,1H3. The summed E-state index contributed by atoms with van der Waals surface area (Å²) in [5, 5.41) is 2.32. The molecule has 3 heteroatoms. The molecule has 100 valence electrons. The predicted octanol–water partition coefficient (Wildman–Crippen LogP) is 3.37. The summed E-state index contributed by atoms with van der Waals surface area (Å²) < 4.78 is 5.32. The third-order valence-corrected chi connectivity index (χ3v) is 3.48. The molecule has 0 spiro atoms. The van der Waals surface area contributed by atoms with Gasteiger partial charge in [0.1, 0.15) is 5.75 Å².